The Labute approximate surface area is 852 Å². The molecule has 0 unspecified atom stereocenters. The molecule has 0 saturated heterocycles. The molecule has 12 nitrogen and oxygen atoms in total. The van der Waals surface area contributed by atoms with Gasteiger partial charge in [-0.3, -0.25) is 28.8 Å². The summed E-state index contributed by atoms with van der Waals surface area (Å²) in [5.41, 5.74) is 1.60. The van der Waals surface area contributed by atoms with Gasteiger partial charge in [-0.25, -0.2) is 0 Å². The summed E-state index contributed by atoms with van der Waals surface area (Å²) >= 11 is 0. The van der Waals surface area contributed by atoms with Gasteiger partial charge in [-0.2, -0.15) is 0 Å². The van der Waals surface area contributed by atoms with Crippen molar-refractivity contribution in [2.75, 3.05) is 0 Å². The predicted molar refractivity (Wildman–Crippen MR) is 551 cm³/mol. The van der Waals surface area contributed by atoms with Crippen LogP contribution >= 0.6 is 0 Å². The van der Waals surface area contributed by atoms with Crippen molar-refractivity contribution in [3.63, 3.8) is 0 Å². The number of aliphatic hydroxyl groups is 6. The second-order valence-corrected chi connectivity index (χ2v) is 57.4. The van der Waals surface area contributed by atoms with Gasteiger partial charge in [0.05, 0.1) is 43.4 Å². The van der Waals surface area contributed by atoms with Crippen LogP contribution < -0.4 is 0 Å². The Balaban J connectivity index is 0.000000111. The van der Waals surface area contributed by atoms with Gasteiger partial charge in [0.15, 0.2) is 0 Å². The van der Waals surface area contributed by atoms with Crippen LogP contribution in [-0.2, 0) is 28.8 Å². The van der Waals surface area contributed by atoms with Crippen LogP contribution in [0, 0.1) is 242 Å². The molecule has 6 N–H and O–H groups in total. The van der Waals surface area contributed by atoms with Crippen molar-refractivity contribution >= 4 is 34.7 Å². The smallest absolute Gasteiger partial charge is 0.133 e. The average Bonchev–Trinajstić information content (AvgIpc) is 1.66. The molecule has 48 atom stereocenters. The van der Waals surface area contributed by atoms with Crippen LogP contribution in [-0.4, -0.2) is 102 Å². The number of hydrogen-bond acceptors (Lipinski definition) is 12. The Bertz CT molecular complexity index is 4740. The highest BCUT2D eigenvalue weighted by Gasteiger charge is 2.70. The van der Waals surface area contributed by atoms with Crippen molar-refractivity contribution in [2.45, 2.75) is 508 Å². The lowest BCUT2D eigenvalue weighted by Gasteiger charge is -2.60. The molecule has 0 aromatic heterocycles. The molecule has 0 radical (unpaired) electrons. The lowest BCUT2D eigenvalue weighted by atomic mass is 9.44. The molecule has 24 rings (SSSR count). The molecule has 0 aromatic rings. The molecule has 138 heavy (non-hydrogen) atoms. The number of carbonyl (C=O) groups excluding carboxylic acids is 6. The fourth-order valence-corrected chi connectivity index (χ4v) is 45.4. The first kappa shape index (κ1) is 93.1. The quantitative estimate of drug-likeness (QED) is 0.146. The third-order valence-corrected chi connectivity index (χ3v) is 52.9. The van der Waals surface area contributed by atoms with E-state index in [0.29, 0.717) is 211 Å². The van der Waals surface area contributed by atoms with E-state index in [1.807, 2.05) is 0 Å². The molecular weight excluding hydrogens is 1710 g/mol. The van der Waals surface area contributed by atoms with Crippen LogP contribution in [0.5, 0.6) is 0 Å². The highest BCUT2D eigenvalue weighted by atomic mass is 16.3. The number of Topliss-reactive ketones (excluding diaryl/α,β-unsaturated/α-hetero) is 6. The maximum atomic E-state index is 12.3. The highest BCUT2D eigenvalue weighted by Crippen LogP contribution is 2.76. The van der Waals surface area contributed by atoms with Gasteiger partial charge in [0.2, 0.25) is 0 Å². The Hall–Kier alpha value is -2.22. The van der Waals surface area contributed by atoms with E-state index in [4.69, 9.17) is 12.3 Å². The molecule has 24 aliphatic rings. The fourth-order valence-electron chi connectivity index (χ4n) is 45.4. The van der Waals surface area contributed by atoms with Crippen LogP contribution in [0.2, 0.25) is 0 Å². The van der Waals surface area contributed by atoms with E-state index in [2.05, 4.69) is 83.1 Å². The van der Waals surface area contributed by atoms with E-state index in [9.17, 15) is 59.4 Å². The Morgan fingerprint density at radius 3 is 0.645 bits per heavy atom. The number of rotatable bonds is 6. The van der Waals surface area contributed by atoms with Crippen molar-refractivity contribution in [3.05, 3.63) is 0 Å². The van der Waals surface area contributed by atoms with Gasteiger partial charge in [-0.1, -0.05) is 83.1 Å². The number of ketones is 6. The second kappa shape index (κ2) is 38.7. The number of aliphatic hydroxyl groups excluding tert-OH is 1. The lowest BCUT2D eigenvalue weighted by molar-refractivity contribution is -0.138. The zero-order chi connectivity index (χ0) is 107. The predicted octanol–water partition coefficient (Wildman–Crippen LogP) is 27.6. The summed E-state index contributed by atoms with van der Waals surface area (Å²) in [5.74, 6) is 13.7. The van der Waals surface area contributed by atoms with E-state index >= 15 is 0 Å². The van der Waals surface area contributed by atoms with Gasteiger partial charge in [0, 0.05) is 40.9 Å². The maximum Gasteiger partial charge on any atom is 0.133 e. The molecular formula is C126H204O12. The van der Waals surface area contributed by atoms with Crippen LogP contribution in [0.3, 0.4) is 0 Å². The number of carbonyl (C=O) groups is 6. The van der Waals surface area contributed by atoms with E-state index in [1.165, 1.54) is 83.5 Å². The van der Waals surface area contributed by atoms with E-state index in [0.717, 1.165) is 228 Å². The molecule has 0 amide bonds. The fraction of sp³-hybridized carbons (Fsp3) is 0.952. The first-order valence-corrected chi connectivity index (χ1v) is 59.0. The Morgan fingerprint density at radius 2 is 0.384 bits per heavy atom. The standard InChI is InChI=1S/6C21H34O2/c6*1-13(22)17-6-7-18-16-5-4-14-12-15(23)8-10-20(14,2)19(16)9-11-21(17,18)3/h6*14-19,23H,4-12H2,1-3H3/t5*14-,15+,16-,17+,18-,19-,20-,21+;14-,15-,16-,17+,18-,19-,20-,21+/m000000/s1/i2*15D,17D;2*15D;14D;14D,15D. The minimum absolute atomic E-state index is 0.0603. The third-order valence-electron chi connectivity index (χ3n) is 52.9. The largest absolute Gasteiger partial charge is 0.393 e. The lowest BCUT2D eigenvalue weighted by Crippen LogP contribution is -2.54. The van der Waals surface area contributed by atoms with Crippen molar-refractivity contribution < 1.29 is 71.7 Å². The van der Waals surface area contributed by atoms with E-state index in [1.54, 1.807) is 41.5 Å². The molecule has 0 aliphatic heterocycles. The third kappa shape index (κ3) is 17.2. The Kier molecular flexibility index (Phi) is 26.1. The first-order chi connectivity index (χ1) is 68.2. The zero-order valence-electron chi connectivity index (χ0n) is 99.4. The van der Waals surface area contributed by atoms with Crippen LogP contribution in [0.15, 0.2) is 0 Å². The summed E-state index contributed by atoms with van der Waals surface area (Å²) in [6, 6.07) is 0. The molecule has 24 aliphatic carbocycles. The molecule has 24 saturated carbocycles. The SMILES string of the molecule is [2H][C@@]1(O)CC[C@@]2(C)[C@@H](CC[C@@H]3[C@@H]2CC[C@@]2(C)[C@H]3CC[C@]2([2H])C(C)=O)C1.[2H][C@@]1(O)CC[C@@]2(C)[C@@H](CC[C@@H]3[C@@H]2CC[C@@]2(C)[C@H]3CC[C@]2([2H])C(C)=O)C1.[2H][C@@]1(O)CC[C@@]2(C)[C@@H](CC[C@@H]3[C@@H]2CC[C@]2(C)[C@@H](C(C)=O)CC[C@@H]32)C1.[2H][C@@]1(O)CC[C@@]2(C)[C@@H](CC[C@@H]3[C@@H]2CC[C@]2(C)[C@@H](C(C)=O)CC[C@@H]32)C1.[2H][C@@]12CC[C@H]3[C@@H]4CC[C@H](C(C)=O)[C@@]4(C)CC[C@@H]3[C@@]1(C)CC[C@@H](O)C2.[2H][C@]1(O)CC[C@]2(C)[C@H]3CC[C@]4(C)[C@@H](C(C)=O)CC[C@H]4[C@@H]3CC[C@@]2([2H])C1. The summed E-state index contributed by atoms with van der Waals surface area (Å²) in [4.78, 5) is 73.4. The van der Waals surface area contributed by atoms with E-state index in [-0.39, 0.29) is 83.7 Å². The molecule has 780 valence electrons. The first-order valence-electron chi connectivity index (χ1n) is 63.5. The molecule has 24 fully saturated rings. The number of fused-ring (bicyclic) bond motifs is 30. The zero-order valence-corrected chi connectivity index (χ0v) is 90.4. The van der Waals surface area contributed by atoms with Crippen LogP contribution in [0.4, 0.5) is 0 Å². The van der Waals surface area contributed by atoms with E-state index < -0.39 is 54.0 Å². The summed E-state index contributed by atoms with van der Waals surface area (Å²) in [7, 11) is 0. The maximum absolute atomic E-state index is 12.3. The molecule has 0 heterocycles. The molecule has 0 spiro atoms. The van der Waals surface area contributed by atoms with Crippen molar-refractivity contribution in [3.8, 4) is 0 Å². The van der Waals surface area contributed by atoms with Gasteiger partial charge in [-0.15, -0.1) is 0 Å². The normalized spacial score (nSPS) is 61.4. The van der Waals surface area contributed by atoms with Gasteiger partial charge in [0.1, 0.15) is 34.7 Å². The number of hydrogen-bond donors (Lipinski definition) is 6. The minimum Gasteiger partial charge on any atom is -0.393 e. The van der Waals surface area contributed by atoms with Crippen molar-refractivity contribution in [1.82, 2.24) is 0 Å². The van der Waals surface area contributed by atoms with Crippen molar-refractivity contribution in [1.29, 1.82) is 0 Å². The summed E-state index contributed by atoms with van der Waals surface area (Å²) in [6.07, 6.45) is 46.5. The molecule has 0 bridgehead atoms. The summed E-state index contributed by atoms with van der Waals surface area (Å²) < 4.78 is 76.7. The van der Waals surface area contributed by atoms with Gasteiger partial charge in [-0.05, 0) is 595 Å². The minimum atomic E-state index is -1.41. The van der Waals surface area contributed by atoms with Crippen LogP contribution in [0.1, 0.15) is 484 Å². The Morgan fingerprint density at radius 1 is 0.188 bits per heavy atom. The van der Waals surface area contributed by atoms with Gasteiger partial charge >= 0.3 is 0 Å². The monoisotopic (exact) mass is 1920 g/mol. The van der Waals surface area contributed by atoms with Gasteiger partial charge < -0.3 is 30.6 Å². The average molecular weight is 1920 g/mol. The summed E-state index contributed by atoms with van der Waals surface area (Å²) in [5, 5.41) is 61.4. The van der Waals surface area contributed by atoms with Gasteiger partial charge in [0.25, 0.3) is 0 Å². The highest BCUT2D eigenvalue weighted by molar-refractivity contribution is 5.82. The summed E-state index contributed by atoms with van der Waals surface area (Å²) in [6.45, 7) is 38.9. The molecule has 0 aromatic carbocycles. The molecule has 12 heteroatoms. The van der Waals surface area contributed by atoms with Crippen LogP contribution in [0.25, 0.3) is 0 Å². The topological polar surface area (TPSA) is 224 Å². The second-order valence-electron chi connectivity index (χ2n) is 57.4. The van der Waals surface area contributed by atoms with Crippen molar-refractivity contribution in [2.24, 2.45) is 242 Å².